The van der Waals surface area contributed by atoms with E-state index < -0.39 is 10.8 Å². The lowest BCUT2D eigenvalue weighted by Crippen LogP contribution is -2.27. The molecule has 3 unspecified atom stereocenters. The highest BCUT2D eigenvalue weighted by molar-refractivity contribution is 7.85. The molecule has 86 valence electrons. The van der Waals surface area contributed by atoms with Gasteiger partial charge in [-0.05, 0) is 19.8 Å². The Bertz CT molecular complexity index is 164. The molecule has 0 aliphatic rings. The summed E-state index contributed by atoms with van der Waals surface area (Å²) in [5.74, 6) is 0.705. The molecule has 0 rings (SSSR count). The van der Waals surface area contributed by atoms with Crippen LogP contribution in [0.5, 0.6) is 0 Å². The lowest BCUT2D eigenvalue weighted by atomic mass is 10.3. The molecular weight excluding hydrogens is 198 g/mol. The molecule has 0 aliphatic heterocycles. The van der Waals surface area contributed by atoms with E-state index in [2.05, 4.69) is 6.92 Å². The van der Waals surface area contributed by atoms with Gasteiger partial charge in [0.2, 0.25) is 0 Å². The summed E-state index contributed by atoms with van der Waals surface area (Å²) in [6.07, 6.45) is 1.85. The maximum absolute atomic E-state index is 11.6. The fraction of sp³-hybridized carbons (Fsp3) is 1.00. The second kappa shape index (κ2) is 8.38. The van der Waals surface area contributed by atoms with E-state index in [-0.39, 0.29) is 11.4 Å². The maximum Gasteiger partial charge on any atom is 0.0705 e. The first-order valence-corrected chi connectivity index (χ1v) is 6.72. The van der Waals surface area contributed by atoms with Crippen LogP contribution >= 0.6 is 0 Å². The van der Waals surface area contributed by atoms with Gasteiger partial charge in [-0.1, -0.05) is 13.8 Å². The second-order valence-electron chi connectivity index (χ2n) is 3.41. The van der Waals surface area contributed by atoms with Gasteiger partial charge in [0.15, 0.2) is 0 Å². The zero-order chi connectivity index (χ0) is 11.0. The lowest BCUT2D eigenvalue weighted by Gasteiger charge is -2.15. The van der Waals surface area contributed by atoms with Crippen molar-refractivity contribution in [3.63, 3.8) is 0 Å². The van der Waals surface area contributed by atoms with E-state index in [1.54, 1.807) is 0 Å². The molecular formula is C10H23NO2S. The SMILES string of the molecule is CCOC(CN)CCS(=O)C(C)CC. The Labute approximate surface area is 89.9 Å². The van der Waals surface area contributed by atoms with Crippen LogP contribution < -0.4 is 5.73 Å². The summed E-state index contributed by atoms with van der Waals surface area (Å²) in [7, 11) is -0.726. The highest BCUT2D eigenvalue weighted by atomic mass is 32.2. The number of hydrogen-bond donors (Lipinski definition) is 1. The molecule has 0 bridgehead atoms. The van der Waals surface area contributed by atoms with E-state index in [0.29, 0.717) is 18.9 Å². The van der Waals surface area contributed by atoms with E-state index in [4.69, 9.17) is 10.5 Å². The van der Waals surface area contributed by atoms with E-state index in [0.717, 1.165) is 12.8 Å². The summed E-state index contributed by atoms with van der Waals surface area (Å²) < 4.78 is 17.0. The smallest absolute Gasteiger partial charge is 0.0705 e. The number of rotatable bonds is 8. The summed E-state index contributed by atoms with van der Waals surface area (Å²) in [6, 6.07) is 0. The molecule has 0 heterocycles. The molecule has 3 nitrogen and oxygen atoms in total. The van der Waals surface area contributed by atoms with Crippen molar-refractivity contribution in [2.75, 3.05) is 18.9 Å². The minimum Gasteiger partial charge on any atom is -0.377 e. The van der Waals surface area contributed by atoms with Gasteiger partial charge >= 0.3 is 0 Å². The first-order chi connectivity index (χ1) is 6.65. The predicted molar refractivity (Wildman–Crippen MR) is 61.8 cm³/mol. The third kappa shape index (κ3) is 5.73. The average molecular weight is 221 g/mol. The fourth-order valence-corrected chi connectivity index (χ4v) is 2.41. The van der Waals surface area contributed by atoms with Crippen LogP contribution in [0.3, 0.4) is 0 Å². The van der Waals surface area contributed by atoms with Gasteiger partial charge in [-0.2, -0.15) is 0 Å². The Morgan fingerprint density at radius 2 is 2.07 bits per heavy atom. The maximum atomic E-state index is 11.6. The van der Waals surface area contributed by atoms with Crippen molar-refractivity contribution in [1.29, 1.82) is 0 Å². The van der Waals surface area contributed by atoms with Gasteiger partial charge in [0.05, 0.1) is 6.10 Å². The molecule has 0 aromatic heterocycles. The summed E-state index contributed by atoms with van der Waals surface area (Å²) >= 11 is 0. The molecule has 3 atom stereocenters. The fourth-order valence-electron chi connectivity index (χ4n) is 1.14. The van der Waals surface area contributed by atoms with Gasteiger partial charge in [0.1, 0.15) is 0 Å². The Kier molecular flexibility index (Phi) is 8.43. The predicted octanol–water partition coefficient (Wildman–Crippen LogP) is 1.29. The van der Waals surface area contributed by atoms with Crippen molar-refractivity contribution in [1.82, 2.24) is 0 Å². The van der Waals surface area contributed by atoms with E-state index >= 15 is 0 Å². The van der Waals surface area contributed by atoms with Gasteiger partial charge in [-0.3, -0.25) is 4.21 Å². The van der Waals surface area contributed by atoms with Gasteiger partial charge < -0.3 is 10.5 Å². The van der Waals surface area contributed by atoms with E-state index in [1.807, 2.05) is 13.8 Å². The summed E-state index contributed by atoms with van der Waals surface area (Å²) in [5, 5.41) is 0.287. The second-order valence-corrected chi connectivity index (χ2v) is 5.38. The molecule has 0 amide bonds. The van der Waals surface area contributed by atoms with E-state index in [9.17, 15) is 4.21 Å². The molecule has 2 N–H and O–H groups in total. The Hall–Kier alpha value is 0.0700. The first-order valence-electron chi connectivity index (χ1n) is 5.34. The van der Waals surface area contributed by atoms with Crippen LogP contribution in [-0.4, -0.2) is 34.5 Å². The minimum atomic E-state index is -0.726. The third-order valence-corrected chi connectivity index (χ3v) is 4.20. The number of hydrogen-bond acceptors (Lipinski definition) is 3. The molecule has 0 saturated heterocycles. The minimum absolute atomic E-state index is 0.0769. The average Bonchev–Trinajstić information content (AvgIpc) is 2.22. The molecule has 0 spiro atoms. The number of ether oxygens (including phenoxy) is 1. The molecule has 0 aromatic rings. The standard InChI is InChI=1S/C10H23NO2S/c1-4-9(3)14(12)7-6-10(8-11)13-5-2/h9-10H,4-8,11H2,1-3H3. The van der Waals surface area contributed by atoms with Crippen LogP contribution in [0.4, 0.5) is 0 Å². The van der Waals surface area contributed by atoms with Gasteiger partial charge in [-0.25, -0.2) is 0 Å². The van der Waals surface area contributed by atoms with Gasteiger partial charge in [0.25, 0.3) is 0 Å². The van der Waals surface area contributed by atoms with Crippen LogP contribution in [0.25, 0.3) is 0 Å². The van der Waals surface area contributed by atoms with Gasteiger partial charge in [-0.15, -0.1) is 0 Å². The van der Waals surface area contributed by atoms with Crippen LogP contribution in [0.15, 0.2) is 0 Å². The zero-order valence-corrected chi connectivity index (χ0v) is 10.3. The first kappa shape index (κ1) is 14.1. The highest BCUT2D eigenvalue weighted by Gasteiger charge is 2.12. The Balaban J connectivity index is 3.73. The van der Waals surface area contributed by atoms with Crippen LogP contribution in [-0.2, 0) is 15.5 Å². The molecule has 0 aromatic carbocycles. The molecule has 14 heavy (non-hydrogen) atoms. The van der Waals surface area contributed by atoms with Crippen molar-refractivity contribution >= 4 is 10.8 Å². The summed E-state index contributed by atoms with van der Waals surface area (Å²) in [5.41, 5.74) is 5.53. The molecule has 0 saturated carbocycles. The number of nitrogens with two attached hydrogens (primary N) is 1. The van der Waals surface area contributed by atoms with Crippen molar-refractivity contribution in [2.45, 2.75) is 45.0 Å². The normalized spacial score (nSPS) is 17.7. The largest absolute Gasteiger partial charge is 0.377 e. The van der Waals surface area contributed by atoms with Crippen LogP contribution in [0, 0.1) is 0 Å². The molecule has 0 aliphatic carbocycles. The van der Waals surface area contributed by atoms with Crippen molar-refractivity contribution in [3.05, 3.63) is 0 Å². The van der Waals surface area contributed by atoms with Crippen molar-refractivity contribution in [2.24, 2.45) is 5.73 Å². The molecule has 0 radical (unpaired) electrons. The quantitative estimate of drug-likeness (QED) is 0.672. The lowest BCUT2D eigenvalue weighted by molar-refractivity contribution is 0.0672. The summed E-state index contributed by atoms with van der Waals surface area (Å²) in [4.78, 5) is 0. The molecule has 4 heteroatoms. The van der Waals surface area contributed by atoms with Crippen LogP contribution in [0.2, 0.25) is 0 Å². The van der Waals surface area contributed by atoms with Gasteiger partial charge in [0, 0.05) is 35.0 Å². The monoisotopic (exact) mass is 221 g/mol. The third-order valence-electron chi connectivity index (χ3n) is 2.33. The Morgan fingerprint density at radius 1 is 1.43 bits per heavy atom. The Morgan fingerprint density at radius 3 is 2.50 bits per heavy atom. The van der Waals surface area contributed by atoms with Crippen molar-refractivity contribution < 1.29 is 8.95 Å². The topological polar surface area (TPSA) is 52.3 Å². The van der Waals surface area contributed by atoms with Crippen LogP contribution in [0.1, 0.15) is 33.6 Å². The van der Waals surface area contributed by atoms with E-state index in [1.165, 1.54) is 0 Å². The summed E-state index contributed by atoms with van der Waals surface area (Å²) in [6.45, 7) is 7.23. The van der Waals surface area contributed by atoms with Crippen molar-refractivity contribution in [3.8, 4) is 0 Å². The highest BCUT2D eigenvalue weighted by Crippen LogP contribution is 2.05. The zero-order valence-electron chi connectivity index (χ0n) is 9.49. The molecule has 0 fully saturated rings.